The van der Waals surface area contributed by atoms with E-state index in [-0.39, 0.29) is 40.3 Å². The minimum absolute atomic E-state index is 0.121. The summed E-state index contributed by atoms with van der Waals surface area (Å²) in [7, 11) is 0. The van der Waals surface area contributed by atoms with Gasteiger partial charge in [0, 0.05) is 11.8 Å². The van der Waals surface area contributed by atoms with Crippen molar-refractivity contribution in [1.29, 1.82) is 0 Å². The molecule has 4 unspecified atom stereocenters. The minimum Gasteiger partial charge on any atom is -0.733 e. The highest BCUT2D eigenvalue weighted by Crippen LogP contribution is 2.61. The molecule has 160 valence electrons. The molecule has 1 N–H and O–H groups in total. The van der Waals surface area contributed by atoms with Gasteiger partial charge in [0.25, 0.3) is 0 Å². The van der Waals surface area contributed by atoms with E-state index in [9.17, 15) is 20.0 Å². The Bertz CT molecular complexity index is 1280. The molecule has 0 radical (unpaired) electrons. The number of carbonyl (C=O) groups is 2. The van der Waals surface area contributed by atoms with Crippen LogP contribution in [0.15, 0.2) is 66.7 Å². The van der Waals surface area contributed by atoms with Gasteiger partial charge in [0.1, 0.15) is 0 Å². The van der Waals surface area contributed by atoms with Crippen molar-refractivity contribution in [2.75, 3.05) is 10.1 Å². The monoisotopic (exact) mass is 425 g/mol. The van der Waals surface area contributed by atoms with Crippen molar-refractivity contribution in [2.24, 2.45) is 11.8 Å². The second-order valence-corrected chi connectivity index (χ2v) is 8.73. The first kappa shape index (κ1) is 19.2. The van der Waals surface area contributed by atoms with Crippen molar-refractivity contribution in [3.8, 4) is 0 Å². The molecular formula is C26H21N2O4-. The molecule has 4 atom stereocenters. The lowest BCUT2D eigenvalue weighted by Gasteiger charge is -2.46. The first-order valence-corrected chi connectivity index (χ1v) is 10.9. The Balaban J connectivity index is 1.56. The van der Waals surface area contributed by atoms with E-state index in [0.717, 1.165) is 33.6 Å². The maximum atomic E-state index is 13.8. The van der Waals surface area contributed by atoms with Gasteiger partial charge in [0.2, 0.25) is 11.8 Å². The normalized spacial score (nSPS) is 24.9. The van der Waals surface area contributed by atoms with E-state index in [1.54, 1.807) is 12.1 Å². The van der Waals surface area contributed by atoms with Gasteiger partial charge in [-0.25, -0.2) is 4.90 Å². The summed E-state index contributed by atoms with van der Waals surface area (Å²) in [5.41, 5.74) is 5.63. The molecule has 0 spiro atoms. The summed E-state index contributed by atoms with van der Waals surface area (Å²) in [6.45, 7) is 2.10. The number of benzene rings is 3. The molecule has 0 saturated carbocycles. The summed E-state index contributed by atoms with van der Waals surface area (Å²) in [6.07, 6.45) is 0.891. The van der Waals surface area contributed by atoms with Crippen molar-refractivity contribution >= 4 is 23.2 Å². The van der Waals surface area contributed by atoms with Crippen LogP contribution >= 0.6 is 0 Å². The number of nitrogens with zero attached hydrogens (tertiary/aromatic N) is 2. The Morgan fingerprint density at radius 3 is 2.03 bits per heavy atom. The molecular weight excluding hydrogens is 404 g/mol. The first-order chi connectivity index (χ1) is 15.5. The Hall–Kier alpha value is -3.48. The average Bonchev–Trinajstić information content (AvgIpc) is 3.09. The standard InChI is InChI=1S/C26H21N2O4/c1-2-14-11-12-17-18(13-14)22-16-8-4-3-7-15(16)21(17)23-24(22)26(30)27(25(23)29)19-9-5-6-10-20(19)28(31)32/h3-13,21-24,31H,2H2,1H3/q-1. The molecule has 1 aliphatic heterocycles. The average molecular weight is 425 g/mol. The molecule has 1 heterocycles. The molecule has 32 heavy (non-hydrogen) atoms. The fourth-order valence-electron chi connectivity index (χ4n) is 6.05. The third kappa shape index (κ3) is 2.36. The van der Waals surface area contributed by atoms with Crippen LogP contribution in [0, 0.1) is 17.0 Å². The molecule has 4 aliphatic rings. The van der Waals surface area contributed by atoms with Gasteiger partial charge in [0.05, 0.1) is 23.2 Å². The van der Waals surface area contributed by atoms with E-state index in [1.165, 1.54) is 17.7 Å². The van der Waals surface area contributed by atoms with Crippen LogP contribution in [-0.4, -0.2) is 17.0 Å². The lowest BCUT2D eigenvalue weighted by Crippen LogP contribution is -2.41. The van der Waals surface area contributed by atoms with Crippen LogP contribution < -0.4 is 10.1 Å². The predicted molar refractivity (Wildman–Crippen MR) is 119 cm³/mol. The van der Waals surface area contributed by atoms with Crippen LogP contribution in [0.25, 0.3) is 0 Å². The van der Waals surface area contributed by atoms with Crippen molar-refractivity contribution in [2.45, 2.75) is 25.2 Å². The number of aryl methyl sites for hydroxylation is 1. The summed E-state index contributed by atoms with van der Waals surface area (Å²) < 4.78 is 0. The number of imide groups is 1. The highest BCUT2D eigenvalue weighted by atomic mass is 16.8. The number of anilines is 2. The number of carbonyl (C=O) groups excluding carboxylic acids is 2. The van der Waals surface area contributed by atoms with Crippen LogP contribution in [0.4, 0.5) is 11.4 Å². The summed E-state index contributed by atoms with van der Waals surface area (Å²) in [5.74, 6) is -2.12. The van der Waals surface area contributed by atoms with E-state index in [1.807, 2.05) is 12.1 Å². The quantitative estimate of drug-likeness (QED) is 0.499. The highest BCUT2D eigenvalue weighted by molar-refractivity contribution is 6.24. The Morgan fingerprint density at radius 2 is 1.41 bits per heavy atom. The van der Waals surface area contributed by atoms with E-state index in [2.05, 4.69) is 37.3 Å². The van der Waals surface area contributed by atoms with Crippen molar-refractivity contribution in [3.63, 3.8) is 0 Å². The number of amides is 2. The molecule has 3 aromatic rings. The smallest absolute Gasteiger partial charge is 0.238 e. The highest BCUT2D eigenvalue weighted by Gasteiger charge is 2.62. The Kier molecular flexibility index (Phi) is 4.06. The van der Waals surface area contributed by atoms with Gasteiger partial charge < -0.3 is 10.4 Å². The number of hydrogen-bond donors (Lipinski definition) is 1. The zero-order chi connectivity index (χ0) is 22.1. The maximum Gasteiger partial charge on any atom is 0.238 e. The van der Waals surface area contributed by atoms with E-state index < -0.39 is 11.8 Å². The van der Waals surface area contributed by atoms with Gasteiger partial charge in [-0.15, -0.1) is 0 Å². The number of hydrogen-bond acceptors (Lipinski definition) is 5. The lowest BCUT2D eigenvalue weighted by molar-refractivity contribution is -0.122. The van der Waals surface area contributed by atoms with Crippen molar-refractivity contribution in [1.82, 2.24) is 0 Å². The lowest BCUT2D eigenvalue weighted by atomic mass is 9.55. The Labute approximate surface area is 185 Å². The molecule has 7 rings (SSSR count). The van der Waals surface area contributed by atoms with Gasteiger partial charge >= 0.3 is 0 Å². The van der Waals surface area contributed by atoms with E-state index >= 15 is 0 Å². The fourth-order valence-corrected chi connectivity index (χ4v) is 6.05. The number of para-hydroxylation sites is 2. The van der Waals surface area contributed by atoms with Crippen LogP contribution in [0.3, 0.4) is 0 Å². The van der Waals surface area contributed by atoms with Gasteiger partial charge in [-0.2, -0.15) is 0 Å². The van der Waals surface area contributed by atoms with Crippen molar-refractivity contribution < 1.29 is 14.8 Å². The van der Waals surface area contributed by atoms with Gasteiger partial charge in [0.15, 0.2) is 0 Å². The van der Waals surface area contributed by atoms with Crippen LogP contribution in [0.1, 0.15) is 46.6 Å². The van der Waals surface area contributed by atoms with Crippen molar-refractivity contribution in [3.05, 3.63) is 99.8 Å². The van der Waals surface area contributed by atoms with Gasteiger partial charge in [-0.05, 0) is 46.4 Å². The molecule has 6 nitrogen and oxygen atoms in total. The third-order valence-corrected chi connectivity index (χ3v) is 7.34. The molecule has 1 fully saturated rings. The summed E-state index contributed by atoms with van der Waals surface area (Å²) in [5, 5.41) is 21.0. The summed E-state index contributed by atoms with van der Waals surface area (Å²) in [6, 6.07) is 20.6. The maximum absolute atomic E-state index is 13.8. The van der Waals surface area contributed by atoms with Gasteiger partial charge in [-0.1, -0.05) is 61.5 Å². The topological polar surface area (TPSA) is 83.9 Å². The molecule has 3 aliphatic carbocycles. The zero-order valence-corrected chi connectivity index (χ0v) is 17.4. The van der Waals surface area contributed by atoms with E-state index in [0.29, 0.717) is 0 Å². The largest absolute Gasteiger partial charge is 0.733 e. The number of rotatable bonds is 3. The first-order valence-electron chi connectivity index (χ1n) is 10.9. The second-order valence-electron chi connectivity index (χ2n) is 8.73. The molecule has 3 aromatic carbocycles. The summed E-state index contributed by atoms with van der Waals surface area (Å²) >= 11 is 0. The molecule has 2 amide bonds. The van der Waals surface area contributed by atoms with E-state index in [4.69, 9.17) is 0 Å². The summed E-state index contributed by atoms with van der Waals surface area (Å²) in [4.78, 5) is 28.7. The second kappa shape index (κ2) is 6.76. The fraction of sp³-hybridized carbons (Fsp3) is 0.231. The van der Waals surface area contributed by atoms with Crippen LogP contribution in [-0.2, 0) is 16.0 Å². The SMILES string of the molecule is CCc1ccc2c(c1)C1c3ccccc3C2C2C(=O)N(c3ccccc3N([O-])O)C(=O)C12. The molecule has 6 heteroatoms. The minimum atomic E-state index is -0.533. The predicted octanol–water partition coefficient (Wildman–Crippen LogP) is 4.34. The van der Waals surface area contributed by atoms with Gasteiger partial charge in [-0.3, -0.25) is 14.8 Å². The van der Waals surface area contributed by atoms with Crippen LogP contribution in [0.2, 0.25) is 0 Å². The molecule has 0 aromatic heterocycles. The Morgan fingerprint density at radius 1 is 0.844 bits per heavy atom. The molecule has 1 saturated heterocycles. The third-order valence-electron chi connectivity index (χ3n) is 7.34. The van der Waals surface area contributed by atoms with Crippen LogP contribution in [0.5, 0.6) is 0 Å². The zero-order valence-electron chi connectivity index (χ0n) is 17.4. The molecule has 2 bridgehead atoms.